The minimum absolute atomic E-state index is 0.180. The van der Waals surface area contributed by atoms with Crippen LogP contribution in [0, 0.1) is 6.92 Å². The molecule has 124 valence electrons. The van der Waals surface area contributed by atoms with Crippen LogP contribution >= 0.6 is 7.82 Å². The van der Waals surface area contributed by atoms with Crippen molar-refractivity contribution in [3.05, 3.63) is 32.6 Å². The van der Waals surface area contributed by atoms with Gasteiger partial charge in [0, 0.05) is 11.8 Å². The summed E-state index contributed by atoms with van der Waals surface area (Å²) in [5.41, 5.74) is -1.28. The Balaban J connectivity index is 2.23. The zero-order valence-corrected chi connectivity index (χ0v) is 12.2. The third-order valence-electron chi connectivity index (χ3n) is 3.16. The van der Waals surface area contributed by atoms with Gasteiger partial charge in [-0.15, -0.1) is 0 Å². The van der Waals surface area contributed by atoms with Gasteiger partial charge in [-0.2, -0.15) is 0 Å². The molecule has 1 saturated heterocycles. The summed E-state index contributed by atoms with van der Waals surface area (Å²) >= 11 is 0. The Bertz CT molecular complexity index is 707. The van der Waals surface area contributed by atoms with E-state index in [-0.39, 0.29) is 5.56 Å². The third kappa shape index (κ3) is 3.52. The van der Waals surface area contributed by atoms with Crippen LogP contribution in [0.25, 0.3) is 0 Å². The number of aromatic amines is 1. The second-order valence-electron chi connectivity index (χ2n) is 4.81. The van der Waals surface area contributed by atoms with Gasteiger partial charge >= 0.3 is 13.5 Å². The molecule has 0 spiro atoms. The first-order chi connectivity index (χ1) is 10.1. The molecule has 1 aromatic rings. The van der Waals surface area contributed by atoms with Crippen LogP contribution in [0.15, 0.2) is 15.8 Å². The minimum atomic E-state index is -4.77. The molecule has 1 fully saturated rings. The van der Waals surface area contributed by atoms with E-state index in [9.17, 15) is 24.4 Å². The van der Waals surface area contributed by atoms with Gasteiger partial charge in [-0.05, 0) is 6.92 Å². The van der Waals surface area contributed by atoms with Crippen LogP contribution in [0.2, 0.25) is 0 Å². The Labute approximate surface area is 123 Å². The standard InChI is InChI=1S/C10H15N2O9P/c1-4-2-12(10(16)11-8(4)15)9-7(14)6(13)5(21-9)3-20-22(17,18)19/h2,5-7,9,13-14H,3H2,1H3,(H,11,15,16)(H2,17,18,19)/t5?,6-,7?,9?/m1/s1. The molecule has 2 rings (SSSR count). The number of nitrogens with one attached hydrogen (secondary N) is 1. The summed E-state index contributed by atoms with van der Waals surface area (Å²) in [6, 6.07) is 0. The Kier molecular flexibility index (Phi) is 4.68. The molecular formula is C10H15N2O9P. The van der Waals surface area contributed by atoms with Crippen LogP contribution < -0.4 is 11.2 Å². The summed E-state index contributed by atoms with van der Waals surface area (Å²) in [5, 5.41) is 19.7. The third-order valence-corrected chi connectivity index (χ3v) is 3.65. The molecule has 1 aromatic heterocycles. The number of phosphoric ester groups is 1. The van der Waals surface area contributed by atoms with Crippen molar-refractivity contribution in [3.8, 4) is 0 Å². The second-order valence-corrected chi connectivity index (χ2v) is 6.05. The van der Waals surface area contributed by atoms with Crippen molar-refractivity contribution in [2.75, 3.05) is 6.61 Å². The largest absolute Gasteiger partial charge is 0.469 e. The first-order valence-corrected chi connectivity index (χ1v) is 7.67. The number of phosphoric acid groups is 1. The number of aromatic nitrogens is 2. The quantitative estimate of drug-likeness (QED) is 0.374. The summed E-state index contributed by atoms with van der Waals surface area (Å²) in [7, 11) is -4.77. The Morgan fingerprint density at radius 3 is 2.59 bits per heavy atom. The monoisotopic (exact) mass is 338 g/mol. The van der Waals surface area contributed by atoms with Crippen LogP contribution in [-0.2, 0) is 13.8 Å². The molecule has 1 aliphatic rings. The topological polar surface area (TPSA) is 171 Å². The van der Waals surface area contributed by atoms with Gasteiger partial charge in [0.1, 0.15) is 18.3 Å². The van der Waals surface area contributed by atoms with Crippen LogP contribution in [0.4, 0.5) is 0 Å². The highest BCUT2D eigenvalue weighted by atomic mass is 31.2. The van der Waals surface area contributed by atoms with Gasteiger partial charge in [0.25, 0.3) is 5.56 Å². The van der Waals surface area contributed by atoms with Crippen molar-refractivity contribution in [1.29, 1.82) is 0 Å². The van der Waals surface area contributed by atoms with E-state index in [1.54, 1.807) is 0 Å². The Hall–Kier alpha value is -1.33. The highest BCUT2D eigenvalue weighted by molar-refractivity contribution is 7.46. The number of hydrogen-bond donors (Lipinski definition) is 5. The van der Waals surface area contributed by atoms with E-state index in [1.807, 2.05) is 4.98 Å². The fraction of sp³-hybridized carbons (Fsp3) is 0.600. The molecule has 0 aromatic carbocycles. The van der Waals surface area contributed by atoms with Crippen molar-refractivity contribution in [2.45, 2.75) is 31.5 Å². The van der Waals surface area contributed by atoms with Crippen molar-refractivity contribution < 1.29 is 33.8 Å². The van der Waals surface area contributed by atoms with E-state index in [4.69, 9.17) is 14.5 Å². The van der Waals surface area contributed by atoms with E-state index in [0.717, 1.165) is 10.8 Å². The highest BCUT2D eigenvalue weighted by Crippen LogP contribution is 2.38. The molecule has 0 bridgehead atoms. The molecule has 12 heteroatoms. The van der Waals surface area contributed by atoms with Gasteiger partial charge in [0.05, 0.1) is 6.61 Å². The van der Waals surface area contributed by atoms with E-state index in [0.29, 0.717) is 0 Å². The Morgan fingerprint density at radius 1 is 1.36 bits per heavy atom. The zero-order chi connectivity index (χ0) is 16.7. The summed E-state index contributed by atoms with van der Waals surface area (Å²) in [6.45, 7) is 0.747. The molecule has 1 aliphatic heterocycles. The summed E-state index contributed by atoms with van der Waals surface area (Å²) in [4.78, 5) is 42.3. The lowest BCUT2D eigenvalue weighted by Gasteiger charge is -2.17. The molecule has 22 heavy (non-hydrogen) atoms. The lowest BCUT2D eigenvalue weighted by molar-refractivity contribution is -0.0543. The number of H-pyrrole nitrogens is 1. The van der Waals surface area contributed by atoms with E-state index in [1.165, 1.54) is 6.92 Å². The average Bonchev–Trinajstić information content (AvgIpc) is 2.68. The van der Waals surface area contributed by atoms with Gasteiger partial charge in [-0.25, -0.2) is 9.36 Å². The van der Waals surface area contributed by atoms with Gasteiger partial charge in [-0.3, -0.25) is 18.9 Å². The number of hydrogen-bond acceptors (Lipinski definition) is 7. The molecule has 3 unspecified atom stereocenters. The predicted octanol–water partition coefficient (Wildman–Crippen LogP) is -2.43. The SMILES string of the molecule is Cc1cn(C2OC(COP(=O)(O)O)[C@@H](O)C2O)c(=O)[nH]c1=O. The van der Waals surface area contributed by atoms with Crippen LogP contribution in [-0.4, -0.2) is 54.5 Å². The fourth-order valence-corrected chi connectivity index (χ4v) is 2.38. The molecule has 0 amide bonds. The van der Waals surface area contributed by atoms with Crippen LogP contribution in [0.3, 0.4) is 0 Å². The molecule has 0 saturated carbocycles. The number of aliphatic hydroxyl groups is 2. The number of aliphatic hydroxyl groups excluding tert-OH is 2. The van der Waals surface area contributed by atoms with Gasteiger partial charge < -0.3 is 24.7 Å². The molecule has 0 radical (unpaired) electrons. The van der Waals surface area contributed by atoms with Gasteiger partial charge in [-0.1, -0.05) is 0 Å². The summed E-state index contributed by atoms with van der Waals surface area (Å²) < 4.78 is 20.9. The maximum Gasteiger partial charge on any atom is 0.469 e. The molecule has 4 atom stereocenters. The Morgan fingerprint density at radius 2 is 2.00 bits per heavy atom. The molecule has 2 heterocycles. The van der Waals surface area contributed by atoms with E-state index >= 15 is 0 Å². The van der Waals surface area contributed by atoms with Gasteiger partial charge in [0.2, 0.25) is 0 Å². The van der Waals surface area contributed by atoms with Crippen molar-refractivity contribution in [2.24, 2.45) is 0 Å². The first-order valence-electron chi connectivity index (χ1n) is 6.14. The number of nitrogens with zero attached hydrogens (tertiary/aromatic N) is 1. The van der Waals surface area contributed by atoms with Crippen molar-refractivity contribution in [1.82, 2.24) is 9.55 Å². The number of ether oxygens (including phenoxy) is 1. The van der Waals surface area contributed by atoms with E-state index < -0.39 is 50.2 Å². The van der Waals surface area contributed by atoms with Crippen LogP contribution in [0.5, 0.6) is 0 Å². The lowest BCUT2D eigenvalue weighted by Crippen LogP contribution is -2.38. The van der Waals surface area contributed by atoms with E-state index in [2.05, 4.69) is 4.52 Å². The van der Waals surface area contributed by atoms with Gasteiger partial charge in [0.15, 0.2) is 6.23 Å². The highest BCUT2D eigenvalue weighted by Gasteiger charge is 2.45. The molecule has 5 N–H and O–H groups in total. The normalized spacial score (nSPS) is 29.0. The smallest absolute Gasteiger partial charge is 0.387 e. The fourth-order valence-electron chi connectivity index (χ4n) is 2.04. The predicted molar refractivity (Wildman–Crippen MR) is 70.0 cm³/mol. The number of aryl methyl sites for hydroxylation is 1. The number of rotatable bonds is 4. The molecule has 0 aliphatic carbocycles. The zero-order valence-electron chi connectivity index (χ0n) is 11.3. The van der Waals surface area contributed by atoms with Crippen molar-refractivity contribution >= 4 is 7.82 Å². The van der Waals surface area contributed by atoms with Crippen molar-refractivity contribution in [3.63, 3.8) is 0 Å². The lowest BCUT2D eigenvalue weighted by atomic mass is 10.1. The molecule has 11 nitrogen and oxygen atoms in total. The molecular weight excluding hydrogens is 323 g/mol. The maximum atomic E-state index is 11.7. The summed E-state index contributed by atoms with van der Waals surface area (Å²) in [5.74, 6) is 0. The summed E-state index contributed by atoms with van der Waals surface area (Å²) in [6.07, 6.45) is -4.52. The van der Waals surface area contributed by atoms with Crippen LogP contribution in [0.1, 0.15) is 11.8 Å². The maximum absolute atomic E-state index is 11.7. The second kappa shape index (κ2) is 6.05. The average molecular weight is 338 g/mol. The first kappa shape index (κ1) is 17.0. The minimum Gasteiger partial charge on any atom is -0.387 e.